The number of amides is 1. The molecule has 1 aromatic carbocycles. The smallest absolute Gasteiger partial charge is 0.230 e. The molecule has 1 unspecified atom stereocenters. The first-order valence-corrected chi connectivity index (χ1v) is 5.73. The van der Waals surface area contributed by atoms with Crippen molar-refractivity contribution in [2.45, 2.75) is 13.5 Å². The first-order chi connectivity index (χ1) is 8.21. The molecular formula is C15H16NO. The van der Waals surface area contributed by atoms with Crippen LogP contribution in [-0.4, -0.2) is 5.91 Å². The standard InChI is InChI=1S/C15H16NO/c1-15(10-6-3-7-11-15)14(17)16-12-13-8-4-2-5-9-13/h2-11H,12H2,1H3,(H,16,17). The molecule has 1 aliphatic carbocycles. The van der Waals surface area contributed by atoms with Gasteiger partial charge in [0.25, 0.3) is 0 Å². The minimum absolute atomic E-state index is 0.0296. The largest absolute Gasteiger partial charge is 0.351 e. The van der Waals surface area contributed by atoms with Crippen LogP contribution in [-0.2, 0) is 11.3 Å². The summed E-state index contributed by atoms with van der Waals surface area (Å²) in [6, 6.07) is 9.91. The first-order valence-electron chi connectivity index (χ1n) is 5.73. The molecule has 0 saturated heterocycles. The van der Waals surface area contributed by atoms with Crippen molar-refractivity contribution in [2.24, 2.45) is 5.41 Å². The van der Waals surface area contributed by atoms with Crippen molar-refractivity contribution in [3.63, 3.8) is 0 Å². The van der Waals surface area contributed by atoms with E-state index in [1.807, 2.05) is 68.0 Å². The van der Waals surface area contributed by atoms with Crippen molar-refractivity contribution in [1.29, 1.82) is 0 Å². The van der Waals surface area contributed by atoms with E-state index < -0.39 is 5.41 Å². The highest BCUT2D eigenvalue weighted by molar-refractivity contribution is 5.86. The number of carbonyl (C=O) groups is 1. The van der Waals surface area contributed by atoms with Crippen LogP contribution in [0.3, 0.4) is 0 Å². The van der Waals surface area contributed by atoms with Gasteiger partial charge in [0, 0.05) is 13.0 Å². The Hall–Kier alpha value is -1.83. The van der Waals surface area contributed by atoms with Crippen LogP contribution >= 0.6 is 0 Å². The molecule has 1 aliphatic rings. The molecule has 1 amide bonds. The summed E-state index contributed by atoms with van der Waals surface area (Å²) in [6.07, 6.45) is 9.55. The van der Waals surface area contributed by atoms with Gasteiger partial charge >= 0.3 is 0 Å². The molecule has 0 fully saturated rings. The monoisotopic (exact) mass is 226 g/mol. The second kappa shape index (κ2) is 5.00. The first kappa shape index (κ1) is 11.6. The Labute approximate surface area is 102 Å². The summed E-state index contributed by atoms with van der Waals surface area (Å²) in [5, 5.41) is 2.95. The normalized spacial score (nSPS) is 22.4. The quantitative estimate of drug-likeness (QED) is 0.843. The molecule has 1 radical (unpaired) electrons. The minimum atomic E-state index is -0.524. The Balaban J connectivity index is 1.94. The molecule has 0 heterocycles. The number of allylic oxidation sites excluding steroid dienone is 3. The minimum Gasteiger partial charge on any atom is -0.351 e. The van der Waals surface area contributed by atoms with Crippen molar-refractivity contribution < 1.29 is 4.79 Å². The van der Waals surface area contributed by atoms with Crippen molar-refractivity contribution in [2.75, 3.05) is 0 Å². The van der Waals surface area contributed by atoms with E-state index in [1.165, 1.54) is 0 Å². The maximum Gasteiger partial charge on any atom is 0.230 e. The average molecular weight is 226 g/mol. The molecule has 0 saturated carbocycles. The molecular weight excluding hydrogens is 210 g/mol. The molecule has 0 bridgehead atoms. The highest BCUT2D eigenvalue weighted by atomic mass is 16.2. The Morgan fingerprint density at radius 3 is 2.59 bits per heavy atom. The Morgan fingerprint density at radius 2 is 1.94 bits per heavy atom. The molecule has 1 atom stereocenters. The summed E-state index contributed by atoms with van der Waals surface area (Å²) in [4.78, 5) is 12.1. The van der Waals surface area contributed by atoms with E-state index in [9.17, 15) is 4.79 Å². The van der Waals surface area contributed by atoms with E-state index >= 15 is 0 Å². The topological polar surface area (TPSA) is 29.1 Å². The van der Waals surface area contributed by atoms with Gasteiger partial charge in [0.15, 0.2) is 0 Å². The third-order valence-corrected chi connectivity index (χ3v) is 2.89. The van der Waals surface area contributed by atoms with Crippen LogP contribution in [0, 0.1) is 11.8 Å². The predicted octanol–water partition coefficient (Wildman–Crippen LogP) is 2.64. The van der Waals surface area contributed by atoms with Crippen LogP contribution in [0.5, 0.6) is 0 Å². The van der Waals surface area contributed by atoms with E-state index in [0.717, 1.165) is 5.56 Å². The van der Waals surface area contributed by atoms with Crippen molar-refractivity contribution >= 4 is 5.91 Å². The van der Waals surface area contributed by atoms with Crippen LogP contribution in [0.2, 0.25) is 0 Å². The Morgan fingerprint density at radius 1 is 1.18 bits per heavy atom. The zero-order valence-electron chi connectivity index (χ0n) is 9.89. The van der Waals surface area contributed by atoms with Crippen LogP contribution in [0.15, 0.2) is 54.6 Å². The fourth-order valence-corrected chi connectivity index (χ4v) is 1.75. The summed E-state index contributed by atoms with van der Waals surface area (Å²) >= 11 is 0. The number of hydrogen-bond donors (Lipinski definition) is 1. The molecule has 2 nitrogen and oxygen atoms in total. The lowest BCUT2D eigenvalue weighted by Crippen LogP contribution is -2.37. The molecule has 87 valence electrons. The van der Waals surface area contributed by atoms with Gasteiger partial charge in [0.2, 0.25) is 5.91 Å². The summed E-state index contributed by atoms with van der Waals surface area (Å²) in [6.45, 7) is 2.48. The molecule has 1 N–H and O–H groups in total. The average Bonchev–Trinajstić information content (AvgIpc) is 2.38. The summed E-state index contributed by atoms with van der Waals surface area (Å²) in [7, 11) is 0. The summed E-state index contributed by atoms with van der Waals surface area (Å²) < 4.78 is 0. The molecule has 2 heteroatoms. The van der Waals surface area contributed by atoms with Gasteiger partial charge in [-0.1, -0.05) is 54.6 Å². The van der Waals surface area contributed by atoms with Crippen LogP contribution < -0.4 is 5.32 Å². The molecule has 2 rings (SSSR count). The van der Waals surface area contributed by atoms with Crippen molar-refractivity contribution in [3.05, 3.63) is 66.6 Å². The number of benzene rings is 1. The Bertz CT molecular complexity index is 447. The van der Waals surface area contributed by atoms with Gasteiger partial charge in [-0.3, -0.25) is 4.79 Å². The number of carbonyl (C=O) groups excluding carboxylic acids is 1. The summed E-state index contributed by atoms with van der Waals surface area (Å²) in [5.74, 6) is 0.0296. The molecule has 0 aromatic heterocycles. The second-order valence-electron chi connectivity index (χ2n) is 4.36. The lowest BCUT2D eigenvalue weighted by molar-refractivity contribution is -0.126. The van der Waals surface area contributed by atoms with Crippen molar-refractivity contribution in [3.8, 4) is 0 Å². The fourth-order valence-electron chi connectivity index (χ4n) is 1.75. The van der Waals surface area contributed by atoms with E-state index in [-0.39, 0.29) is 5.91 Å². The SMILES string of the molecule is CC1(C(=O)NCc2ccccc2)[CH]C=CC=C1. The number of rotatable bonds is 3. The van der Waals surface area contributed by atoms with Gasteiger partial charge in [-0.05, 0) is 12.5 Å². The molecule has 17 heavy (non-hydrogen) atoms. The van der Waals surface area contributed by atoms with E-state index in [4.69, 9.17) is 0 Å². The third-order valence-electron chi connectivity index (χ3n) is 2.89. The Kier molecular flexibility index (Phi) is 3.43. The third kappa shape index (κ3) is 2.84. The predicted molar refractivity (Wildman–Crippen MR) is 69.0 cm³/mol. The van der Waals surface area contributed by atoms with Crippen LogP contribution in [0.1, 0.15) is 12.5 Å². The van der Waals surface area contributed by atoms with Gasteiger partial charge in [-0.2, -0.15) is 0 Å². The second-order valence-corrected chi connectivity index (χ2v) is 4.36. The zero-order chi connectivity index (χ0) is 12.1. The van der Waals surface area contributed by atoms with Gasteiger partial charge in [-0.15, -0.1) is 0 Å². The maximum atomic E-state index is 12.1. The van der Waals surface area contributed by atoms with Gasteiger partial charge in [0.1, 0.15) is 0 Å². The van der Waals surface area contributed by atoms with Crippen LogP contribution in [0.25, 0.3) is 0 Å². The van der Waals surface area contributed by atoms with Gasteiger partial charge < -0.3 is 5.32 Å². The van der Waals surface area contributed by atoms with Crippen molar-refractivity contribution in [1.82, 2.24) is 5.32 Å². The van der Waals surface area contributed by atoms with Gasteiger partial charge in [0.05, 0.1) is 5.41 Å². The zero-order valence-corrected chi connectivity index (χ0v) is 9.89. The maximum absolute atomic E-state index is 12.1. The van der Waals surface area contributed by atoms with E-state index in [1.54, 1.807) is 0 Å². The lowest BCUT2D eigenvalue weighted by Gasteiger charge is -2.24. The van der Waals surface area contributed by atoms with E-state index in [2.05, 4.69) is 5.32 Å². The number of nitrogens with one attached hydrogen (secondary N) is 1. The molecule has 0 aliphatic heterocycles. The van der Waals surface area contributed by atoms with Crippen LogP contribution in [0.4, 0.5) is 0 Å². The lowest BCUT2D eigenvalue weighted by atomic mass is 9.83. The summed E-state index contributed by atoms with van der Waals surface area (Å²) in [5.41, 5.74) is 0.587. The number of hydrogen-bond acceptors (Lipinski definition) is 1. The fraction of sp³-hybridized carbons (Fsp3) is 0.200. The highest BCUT2D eigenvalue weighted by Gasteiger charge is 2.29. The molecule has 1 aromatic rings. The van der Waals surface area contributed by atoms with Gasteiger partial charge in [-0.25, -0.2) is 0 Å². The van der Waals surface area contributed by atoms with E-state index in [0.29, 0.717) is 6.54 Å². The molecule has 0 spiro atoms. The highest BCUT2D eigenvalue weighted by Crippen LogP contribution is 2.26.